The topological polar surface area (TPSA) is 48.6 Å². The highest BCUT2D eigenvalue weighted by atomic mass is 16.5. The summed E-state index contributed by atoms with van der Waals surface area (Å²) >= 11 is 0. The number of rotatable bonds is 4. The summed E-state index contributed by atoms with van der Waals surface area (Å²) in [6.45, 7) is 8.69. The van der Waals surface area contributed by atoms with E-state index in [4.69, 9.17) is 4.74 Å². The van der Waals surface area contributed by atoms with E-state index in [0.717, 1.165) is 31.7 Å². The van der Waals surface area contributed by atoms with Crippen LogP contribution in [0.5, 0.6) is 0 Å². The zero-order valence-electron chi connectivity index (χ0n) is 12.8. The molecule has 5 heteroatoms. The van der Waals surface area contributed by atoms with Crippen molar-refractivity contribution in [3.05, 3.63) is 23.5 Å². The Kier molecular flexibility index (Phi) is 4.83. The molecule has 1 aliphatic heterocycles. The summed E-state index contributed by atoms with van der Waals surface area (Å²) in [6, 6.07) is 2.45. The number of aromatic nitrogens is 1. The molecular weight excluding hydrogens is 254 g/mol. The van der Waals surface area contributed by atoms with Crippen molar-refractivity contribution >= 4 is 5.97 Å². The maximum Gasteiger partial charge on any atom is 0.354 e. The van der Waals surface area contributed by atoms with Gasteiger partial charge < -0.3 is 14.6 Å². The van der Waals surface area contributed by atoms with Crippen LogP contribution in [0.2, 0.25) is 0 Å². The fraction of sp³-hybridized carbons (Fsp3) is 0.667. The maximum absolute atomic E-state index is 11.5. The zero-order valence-corrected chi connectivity index (χ0v) is 12.8. The first-order chi connectivity index (χ1) is 9.51. The van der Waals surface area contributed by atoms with Gasteiger partial charge >= 0.3 is 5.97 Å². The van der Waals surface area contributed by atoms with Crippen LogP contribution in [-0.2, 0) is 11.3 Å². The normalized spacial score (nSPS) is 21.4. The first-order valence-corrected chi connectivity index (χ1v) is 7.19. The number of piperazine rings is 1. The third-order valence-corrected chi connectivity index (χ3v) is 4.04. The number of carbonyl (C=O) groups excluding carboxylic acids is 1. The number of methoxy groups -OCH3 is 1. The van der Waals surface area contributed by atoms with Crippen molar-refractivity contribution in [2.45, 2.75) is 26.4 Å². The number of carbonyl (C=O) groups is 1. The van der Waals surface area contributed by atoms with Gasteiger partial charge in [0, 0.05) is 38.4 Å². The second-order valence-corrected chi connectivity index (χ2v) is 5.96. The van der Waals surface area contributed by atoms with Gasteiger partial charge in [0.25, 0.3) is 0 Å². The molecule has 1 aromatic rings. The van der Waals surface area contributed by atoms with E-state index >= 15 is 0 Å². The number of likely N-dealkylation sites (N-methyl/N-ethyl adjacent to an activating group) is 1. The summed E-state index contributed by atoms with van der Waals surface area (Å²) in [4.78, 5) is 19.3. The molecule has 1 unspecified atom stereocenters. The van der Waals surface area contributed by atoms with E-state index in [-0.39, 0.29) is 5.97 Å². The molecule has 1 saturated heterocycles. The molecule has 0 spiro atoms. The van der Waals surface area contributed by atoms with E-state index in [1.54, 1.807) is 0 Å². The lowest BCUT2D eigenvalue weighted by Crippen LogP contribution is -2.53. The number of ether oxygens (including phenoxy) is 1. The molecule has 2 heterocycles. The molecule has 1 aromatic heterocycles. The molecule has 5 nitrogen and oxygen atoms in total. The summed E-state index contributed by atoms with van der Waals surface area (Å²) in [6.07, 6.45) is 1.90. The fourth-order valence-electron chi connectivity index (χ4n) is 2.81. The summed E-state index contributed by atoms with van der Waals surface area (Å²) in [5.74, 6) is 0.312. The van der Waals surface area contributed by atoms with Gasteiger partial charge in [0.2, 0.25) is 0 Å². The van der Waals surface area contributed by atoms with Crippen molar-refractivity contribution in [3.63, 3.8) is 0 Å². The van der Waals surface area contributed by atoms with Gasteiger partial charge in [0.05, 0.1) is 7.11 Å². The first kappa shape index (κ1) is 15.1. The van der Waals surface area contributed by atoms with Gasteiger partial charge in [-0.3, -0.25) is 4.90 Å². The van der Waals surface area contributed by atoms with E-state index in [0.29, 0.717) is 17.7 Å². The van der Waals surface area contributed by atoms with E-state index in [2.05, 4.69) is 35.7 Å². The molecule has 1 atom stereocenters. The second-order valence-electron chi connectivity index (χ2n) is 5.96. The van der Waals surface area contributed by atoms with Crippen LogP contribution in [-0.4, -0.2) is 60.6 Å². The monoisotopic (exact) mass is 279 g/mol. The first-order valence-electron chi connectivity index (χ1n) is 7.19. The largest absolute Gasteiger partial charge is 0.464 e. The fourth-order valence-corrected chi connectivity index (χ4v) is 2.81. The average molecular weight is 279 g/mol. The molecule has 1 fully saturated rings. The number of aromatic amines is 1. The van der Waals surface area contributed by atoms with Crippen LogP contribution < -0.4 is 0 Å². The minimum absolute atomic E-state index is 0.310. The Labute approximate surface area is 120 Å². The summed E-state index contributed by atoms with van der Waals surface area (Å²) in [5, 5.41) is 0. The van der Waals surface area contributed by atoms with Gasteiger partial charge in [0.1, 0.15) is 5.69 Å². The number of hydrogen-bond donors (Lipinski definition) is 1. The lowest BCUT2D eigenvalue weighted by Gasteiger charge is -2.42. The van der Waals surface area contributed by atoms with E-state index < -0.39 is 0 Å². The van der Waals surface area contributed by atoms with Gasteiger partial charge in [0.15, 0.2) is 0 Å². The predicted molar refractivity (Wildman–Crippen MR) is 78.7 cm³/mol. The highest BCUT2D eigenvalue weighted by Gasteiger charge is 2.27. The van der Waals surface area contributed by atoms with Crippen molar-refractivity contribution in [1.29, 1.82) is 0 Å². The van der Waals surface area contributed by atoms with Gasteiger partial charge in [-0.25, -0.2) is 4.79 Å². The standard InChI is InChI=1S/C15H25N3O2/c1-11(2)14-10-17(3)5-6-18(14)9-12-7-13(16-8-12)15(19)20-4/h7-8,11,14,16H,5-6,9-10H2,1-4H3. The Morgan fingerprint density at radius 3 is 2.90 bits per heavy atom. The van der Waals surface area contributed by atoms with Gasteiger partial charge in [-0.05, 0) is 24.6 Å². The molecule has 0 amide bonds. The molecule has 0 radical (unpaired) electrons. The minimum Gasteiger partial charge on any atom is -0.464 e. The highest BCUT2D eigenvalue weighted by molar-refractivity contribution is 5.87. The van der Waals surface area contributed by atoms with Crippen LogP contribution in [0, 0.1) is 5.92 Å². The Morgan fingerprint density at radius 2 is 2.25 bits per heavy atom. The number of nitrogens with one attached hydrogen (secondary N) is 1. The third-order valence-electron chi connectivity index (χ3n) is 4.04. The van der Waals surface area contributed by atoms with Gasteiger partial charge in [-0.1, -0.05) is 13.8 Å². The average Bonchev–Trinajstić information content (AvgIpc) is 2.88. The van der Waals surface area contributed by atoms with Crippen molar-refractivity contribution in [3.8, 4) is 0 Å². The lowest BCUT2D eigenvalue weighted by molar-refractivity contribution is 0.0569. The second kappa shape index (κ2) is 6.41. The van der Waals surface area contributed by atoms with Crippen molar-refractivity contribution in [2.24, 2.45) is 5.92 Å². The Bertz CT molecular complexity index is 456. The maximum atomic E-state index is 11.5. The van der Waals surface area contributed by atoms with Gasteiger partial charge in [-0.2, -0.15) is 0 Å². The van der Waals surface area contributed by atoms with Crippen LogP contribution in [0.1, 0.15) is 29.9 Å². The molecule has 0 bridgehead atoms. The predicted octanol–water partition coefficient (Wildman–Crippen LogP) is 1.57. The molecular formula is C15H25N3O2. The molecule has 2 rings (SSSR count). The third kappa shape index (κ3) is 3.41. The van der Waals surface area contributed by atoms with Crippen molar-refractivity contribution in [2.75, 3.05) is 33.8 Å². The minimum atomic E-state index is -0.310. The van der Waals surface area contributed by atoms with E-state index in [9.17, 15) is 4.79 Å². The van der Waals surface area contributed by atoms with Crippen LogP contribution in [0.4, 0.5) is 0 Å². The molecule has 20 heavy (non-hydrogen) atoms. The van der Waals surface area contributed by atoms with Crippen LogP contribution in [0.15, 0.2) is 12.3 Å². The van der Waals surface area contributed by atoms with Crippen LogP contribution >= 0.6 is 0 Å². The van der Waals surface area contributed by atoms with Crippen molar-refractivity contribution < 1.29 is 9.53 Å². The summed E-state index contributed by atoms with van der Waals surface area (Å²) < 4.78 is 4.72. The number of esters is 1. The highest BCUT2D eigenvalue weighted by Crippen LogP contribution is 2.19. The number of H-pyrrole nitrogens is 1. The number of nitrogens with zero attached hydrogens (tertiary/aromatic N) is 2. The molecule has 112 valence electrons. The van der Waals surface area contributed by atoms with Crippen LogP contribution in [0.25, 0.3) is 0 Å². The molecule has 1 aliphatic rings. The summed E-state index contributed by atoms with van der Waals surface area (Å²) in [7, 11) is 3.58. The van der Waals surface area contributed by atoms with Gasteiger partial charge in [-0.15, -0.1) is 0 Å². The van der Waals surface area contributed by atoms with E-state index in [1.807, 2.05) is 12.3 Å². The Balaban J connectivity index is 2.04. The SMILES string of the molecule is COC(=O)c1cc(CN2CCN(C)CC2C(C)C)c[nH]1. The Hall–Kier alpha value is -1.33. The van der Waals surface area contributed by atoms with Crippen molar-refractivity contribution in [1.82, 2.24) is 14.8 Å². The Morgan fingerprint density at radius 1 is 1.50 bits per heavy atom. The molecule has 1 N–H and O–H groups in total. The lowest BCUT2D eigenvalue weighted by atomic mass is 9.99. The molecule has 0 aliphatic carbocycles. The molecule has 0 saturated carbocycles. The zero-order chi connectivity index (χ0) is 14.7. The van der Waals surface area contributed by atoms with E-state index in [1.165, 1.54) is 7.11 Å². The summed E-state index contributed by atoms with van der Waals surface area (Å²) in [5.41, 5.74) is 1.67. The smallest absolute Gasteiger partial charge is 0.354 e. The molecule has 0 aromatic carbocycles. The number of hydrogen-bond acceptors (Lipinski definition) is 4. The quantitative estimate of drug-likeness (QED) is 0.850. The van der Waals surface area contributed by atoms with Crippen LogP contribution in [0.3, 0.4) is 0 Å².